The van der Waals surface area contributed by atoms with Gasteiger partial charge in [0.2, 0.25) is 0 Å². The van der Waals surface area contributed by atoms with Gasteiger partial charge in [0.1, 0.15) is 0 Å². The fraction of sp³-hybridized carbons (Fsp3) is 0.333. The Morgan fingerprint density at radius 1 is 1.80 bits per heavy atom. The van der Waals surface area contributed by atoms with Crippen LogP contribution in [0.2, 0.25) is 0 Å². The summed E-state index contributed by atoms with van der Waals surface area (Å²) in [5.41, 5.74) is 0. The molecule has 24 valence electrons. The van der Waals surface area contributed by atoms with Crippen LogP contribution < -0.4 is 0 Å². The first-order valence-electron chi connectivity index (χ1n) is 1.65. The van der Waals surface area contributed by atoms with Crippen LogP contribution in [0.4, 0.5) is 0 Å². The van der Waals surface area contributed by atoms with Crippen LogP contribution in [0, 0.1) is 0 Å². The molecular weight excluding hydrogens is 57.7 g/mol. The van der Waals surface area contributed by atoms with Crippen molar-refractivity contribution in [2.24, 2.45) is 0 Å². The van der Waals surface area contributed by atoms with Gasteiger partial charge >= 0.3 is 33.1 Å². The third kappa shape index (κ3) is 3.87. The predicted molar refractivity (Wildman–Crippen MR) is 27.7 cm³/mol. The van der Waals surface area contributed by atoms with Crippen LogP contribution in [0.15, 0.2) is 12.1 Å². The zero-order valence-corrected chi connectivity index (χ0v) is 3.44. The second kappa shape index (κ2) is 3.87. The molecule has 0 aromatic rings. The molecule has 5 heavy (non-hydrogen) atoms. The monoisotopic (exact) mass is 64.1 g/mol. The van der Waals surface area contributed by atoms with Gasteiger partial charge in [-0.1, -0.05) is 0 Å². The summed E-state index contributed by atoms with van der Waals surface area (Å²) in [6.07, 6.45) is 1.94. The molecular formula is C3H6B2. The van der Waals surface area contributed by atoms with E-state index in [2.05, 4.69) is 7.37 Å². The molecule has 0 saturated heterocycles. The minimum atomic E-state index is 1.75. The molecule has 0 saturated carbocycles. The van der Waals surface area contributed by atoms with Crippen LogP contribution in [-0.2, 0) is 0 Å². The summed E-state index contributed by atoms with van der Waals surface area (Å²) in [5, 5.41) is 0. The summed E-state index contributed by atoms with van der Waals surface area (Å²) in [5.74, 6) is 1.89. The summed E-state index contributed by atoms with van der Waals surface area (Å²) in [7, 11) is 3.46. The third-order valence-electron chi connectivity index (χ3n) is 0.329. The van der Waals surface area contributed by atoms with Crippen LogP contribution in [0.25, 0.3) is 0 Å². The Morgan fingerprint density at radius 3 is 2.40 bits per heavy atom. The topological polar surface area (TPSA) is 0 Å². The van der Waals surface area contributed by atoms with Crippen molar-refractivity contribution in [1.29, 1.82) is 0 Å². The van der Waals surface area contributed by atoms with Gasteiger partial charge in [0, 0.05) is 0 Å². The van der Waals surface area contributed by atoms with Gasteiger partial charge in [-0.3, -0.25) is 0 Å². The number of hydrogen-bond donors (Lipinski definition) is 0. The second-order valence-corrected chi connectivity index (χ2v) is 0.761. The van der Waals surface area contributed by atoms with Crippen LogP contribution in [-0.4, -0.2) is 14.2 Å². The molecule has 0 N–H and O–H groups in total. The van der Waals surface area contributed by atoms with Gasteiger partial charge < -0.3 is 0 Å². The molecule has 0 aromatic heterocycles. The molecule has 0 aliphatic carbocycles. The average Bonchev–Trinajstić information content (AvgIpc) is 1.41. The van der Waals surface area contributed by atoms with Crippen molar-refractivity contribution in [2.75, 3.05) is 0 Å². The number of hydrogen-bond acceptors (Lipinski definition) is 0. The Kier molecular flexibility index (Phi) is 3.77. The third-order valence-corrected chi connectivity index (χ3v) is 0.329. The molecule has 0 aromatic carbocycles. The molecule has 0 aliphatic rings. The van der Waals surface area contributed by atoms with E-state index in [0.717, 1.165) is 0 Å². The Bertz CT molecular complexity index is 46.9. The number of allylic oxidation sites excluding steroid dienone is 1. The maximum absolute atomic E-state index is 3.46. The van der Waals surface area contributed by atoms with E-state index in [1.54, 1.807) is 6.80 Å². The SMILES string of the molecule is B=BC=CC. The fourth-order valence-corrected chi connectivity index (χ4v) is 0.136. The molecule has 0 bridgehead atoms. The van der Waals surface area contributed by atoms with Crippen molar-refractivity contribution in [3.63, 3.8) is 0 Å². The summed E-state index contributed by atoms with van der Waals surface area (Å²) in [6, 6.07) is 0. The van der Waals surface area contributed by atoms with Gasteiger partial charge in [-0.2, -0.15) is 0 Å². The van der Waals surface area contributed by atoms with Crippen LogP contribution in [0.3, 0.4) is 0 Å². The average molecular weight is 63.7 g/mol. The van der Waals surface area contributed by atoms with E-state index < -0.39 is 0 Å². The molecule has 0 amide bonds. The van der Waals surface area contributed by atoms with Crippen LogP contribution in [0.1, 0.15) is 6.92 Å². The van der Waals surface area contributed by atoms with Crippen molar-refractivity contribution in [3.05, 3.63) is 12.1 Å². The van der Waals surface area contributed by atoms with Gasteiger partial charge in [0.15, 0.2) is 0 Å². The zero-order chi connectivity index (χ0) is 4.12. The molecule has 0 rings (SSSR count). The molecule has 0 aliphatic heterocycles. The summed E-state index contributed by atoms with van der Waals surface area (Å²) >= 11 is 0. The Balaban J connectivity index is 2.92. The van der Waals surface area contributed by atoms with Crippen molar-refractivity contribution in [1.82, 2.24) is 0 Å². The molecule has 0 radical (unpaired) electrons. The first kappa shape index (κ1) is 4.87. The van der Waals surface area contributed by atoms with E-state index in [1.807, 2.05) is 19.0 Å². The molecule has 0 nitrogen and oxygen atoms in total. The van der Waals surface area contributed by atoms with Gasteiger partial charge in [0.05, 0.1) is 0 Å². The molecule has 2 heteroatoms. The van der Waals surface area contributed by atoms with E-state index in [-0.39, 0.29) is 0 Å². The standard InChI is InChI=1S/C3H6B2/c1-2-3-5-4/h2-4H,1H3. The Labute approximate surface area is 34.2 Å². The van der Waals surface area contributed by atoms with Gasteiger partial charge in [-0.05, 0) is 0 Å². The summed E-state index contributed by atoms with van der Waals surface area (Å²) < 4.78 is 0. The molecule has 0 atom stereocenters. The molecule has 0 spiro atoms. The summed E-state index contributed by atoms with van der Waals surface area (Å²) in [4.78, 5) is 0. The first-order valence-corrected chi connectivity index (χ1v) is 1.65. The predicted octanol–water partition coefficient (Wildman–Crippen LogP) is 0.0400. The Hall–Kier alpha value is -0.130. The van der Waals surface area contributed by atoms with Crippen molar-refractivity contribution >= 4 is 14.2 Å². The van der Waals surface area contributed by atoms with Crippen molar-refractivity contribution < 1.29 is 0 Å². The van der Waals surface area contributed by atoms with Crippen LogP contribution >= 0.6 is 0 Å². The van der Waals surface area contributed by atoms with Crippen molar-refractivity contribution in [2.45, 2.75) is 6.92 Å². The van der Waals surface area contributed by atoms with E-state index in [4.69, 9.17) is 0 Å². The van der Waals surface area contributed by atoms with E-state index in [1.165, 1.54) is 0 Å². The van der Waals surface area contributed by atoms with E-state index >= 15 is 0 Å². The molecule has 0 fully saturated rings. The quantitative estimate of drug-likeness (QED) is 0.377. The normalized spacial score (nSPS) is 8.00. The van der Waals surface area contributed by atoms with Gasteiger partial charge in [-0.15, -0.1) is 0 Å². The van der Waals surface area contributed by atoms with Crippen LogP contribution in [0.5, 0.6) is 0 Å². The van der Waals surface area contributed by atoms with E-state index in [0.29, 0.717) is 0 Å². The first-order chi connectivity index (χ1) is 2.41. The Morgan fingerprint density at radius 2 is 2.40 bits per heavy atom. The summed E-state index contributed by atoms with van der Waals surface area (Å²) in [6.45, 7) is 3.71. The van der Waals surface area contributed by atoms with Gasteiger partial charge in [0.25, 0.3) is 0 Å². The second-order valence-electron chi connectivity index (χ2n) is 0.761. The van der Waals surface area contributed by atoms with Crippen molar-refractivity contribution in [3.8, 4) is 0 Å². The molecule has 0 unspecified atom stereocenters. The fourth-order valence-electron chi connectivity index (χ4n) is 0.136. The zero-order valence-electron chi connectivity index (χ0n) is 3.44. The molecule has 0 heterocycles. The maximum atomic E-state index is 3.46. The number of rotatable bonds is 1. The van der Waals surface area contributed by atoms with E-state index in [9.17, 15) is 0 Å². The van der Waals surface area contributed by atoms with Gasteiger partial charge in [-0.25, -0.2) is 0 Å². The minimum absolute atomic E-state index is 1.75.